The fourth-order valence-electron chi connectivity index (χ4n) is 3.91. The molecule has 0 spiro atoms. The van der Waals surface area contributed by atoms with E-state index in [9.17, 15) is 19.8 Å². The van der Waals surface area contributed by atoms with Crippen molar-refractivity contribution in [1.82, 2.24) is 0 Å². The molecular weight excluding hydrogens is 334 g/mol. The van der Waals surface area contributed by atoms with E-state index in [1.165, 1.54) is 0 Å². The van der Waals surface area contributed by atoms with Crippen molar-refractivity contribution in [2.24, 2.45) is 35.5 Å². The maximum atomic E-state index is 13.0. The molecule has 0 bridgehead atoms. The van der Waals surface area contributed by atoms with Gasteiger partial charge in [0.1, 0.15) is 29.5 Å². The van der Waals surface area contributed by atoms with E-state index in [0.29, 0.717) is 31.1 Å². The third kappa shape index (κ3) is 4.71. The standard InChI is InChI=1S/C20H37NO5/c1-11(2)7-9-14-18(23)16(17(22)13(5)6)19(24)20(14,25)15(26-21)10-8-12(3)4/h11-16,19,24-25H,7-10,21H2,1-6H3/t14-,15+,16?,19?,20-/m1/s1. The fourth-order valence-corrected chi connectivity index (χ4v) is 3.91. The first-order valence-electron chi connectivity index (χ1n) is 9.81. The molecule has 5 atom stereocenters. The molecule has 1 aliphatic rings. The normalized spacial score (nSPS) is 30.6. The number of hydrogen-bond donors (Lipinski definition) is 3. The van der Waals surface area contributed by atoms with E-state index in [-0.39, 0.29) is 11.6 Å². The zero-order chi connectivity index (χ0) is 20.2. The van der Waals surface area contributed by atoms with Gasteiger partial charge >= 0.3 is 0 Å². The van der Waals surface area contributed by atoms with E-state index in [0.717, 1.165) is 6.42 Å². The second-order valence-electron chi connectivity index (χ2n) is 8.89. The molecule has 4 N–H and O–H groups in total. The number of carbonyl (C=O) groups excluding carboxylic acids is 2. The van der Waals surface area contributed by atoms with E-state index in [1.807, 2.05) is 27.7 Å². The first-order chi connectivity index (χ1) is 12.0. The van der Waals surface area contributed by atoms with Crippen LogP contribution in [0, 0.1) is 29.6 Å². The van der Waals surface area contributed by atoms with Gasteiger partial charge in [0.05, 0.1) is 5.92 Å². The van der Waals surface area contributed by atoms with Crippen LogP contribution < -0.4 is 5.90 Å². The van der Waals surface area contributed by atoms with Crippen LogP contribution in [0.1, 0.15) is 67.2 Å². The molecule has 0 aromatic rings. The molecule has 1 rings (SSSR count). The number of carbonyl (C=O) groups is 2. The molecule has 1 fully saturated rings. The van der Waals surface area contributed by atoms with Crippen LogP contribution in [-0.2, 0) is 14.4 Å². The zero-order valence-corrected chi connectivity index (χ0v) is 17.1. The summed E-state index contributed by atoms with van der Waals surface area (Å²) in [6, 6.07) is 0. The van der Waals surface area contributed by atoms with E-state index in [1.54, 1.807) is 13.8 Å². The molecule has 1 saturated carbocycles. The Morgan fingerprint density at radius 3 is 2.08 bits per heavy atom. The van der Waals surface area contributed by atoms with Crippen molar-refractivity contribution in [3.05, 3.63) is 0 Å². The predicted octanol–water partition coefficient (Wildman–Crippen LogP) is 2.25. The zero-order valence-electron chi connectivity index (χ0n) is 17.1. The lowest BCUT2D eigenvalue weighted by Crippen LogP contribution is -2.57. The Hall–Kier alpha value is -0.820. The Kier molecular flexibility index (Phi) is 8.39. The minimum Gasteiger partial charge on any atom is -0.389 e. The van der Waals surface area contributed by atoms with Crippen LogP contribution in [0.2, 0.25) is 0 Å². The monoisotopic (exact) mass is 371 g/mol. The molecule has 152 valence electrons. The van der Waals surface area contributed by atoms with Crippen LogP contribution in [0.3, 0.4) is 0 Å². The van der Waals surface area contributed by atoms with Crippen molar-refractivity contribution in [2.75, 3.05) is 0 Å². The summed E-state index contributed by atoms with van der Waals surface area (Å²) in [4.78, 5) is 30.6. The third-order valence-electron chi connectivity index (χ3n) is 5.59. The summed E-state index contributed by atoms with van der Waals surface area (Å²) in [5, 5.41) is 22.3. The largest absolute Gasteiger partial charge is 0.389 e. The minimum atomic E-state index is -1.84. The van der Waals surface area contributed by atoms with Crippen molar-refractivity contribution in [1.29, 1.82) is 0 Å². The van der Waals surface area contributed by atoms with Crippen molar-refractivity contribution in [3.8, 4) is 0 Å². The number of aliphatic hydroxyl groups is 2. The molecule has 6 heteroatoms. The van der Waals surface area contributed by atoms with Gasteiger partial charge in [-0.3, -0.25) is 14.4 Å². The Labute approximate surface area is 157 Å². The van der Waals surface area contributed by atoms with Crippen LogP contribution in [0.25, 0.3) is 0 Å². The molecule has 0 aromatic heterocycles. The summed E-state index contributed by atoms with van der Waals surface area (Å²) >= 11 is 0. The highest BCUT2D eigenvalue weighted by Crippen LogP contribution is 2.45. The highest BCUT2D eigenvalue weighted by Gasteiger charge is 2.64. The molecule has 1 aliphatic carbocycles. The summed E-state index contributed by atoms with van der Waals surface area (Å²) < 4.78 is 0. The average molecular weight is 372 g/mol. The number of hydrogen-bond acceptors (Lipinski definition) is 6. The molecule has 0 heterocycles. The van der Waals surface area contributed by atoms with E-state index in [2.05, 4.69) is 0 Å². The molecule has 6 nitrogen and oxygen atoms in total. The van der Waals surface area contributed by atoms with Gasteiger partial charge in [-0.15, -0.1) is 0 Å². The fraction of sp³-hybridized carbons (Fsp3) is 0.900. The van der Waals surface area contributed by atoms with Gasteiger partial charge in [-0.2, -0.15) is 0 Å². The van der Waals surface area contributed by atoms with Crippen molar-refractivity contribution < 1.29 is 24.6 Å². The molecule has 0 saturated heterocycles. The van der Waals surface area contributed by atoms with Crippen molar-refractivity contribution >= 4 is 11.6 Å². The van der Waals surface area contributed by atoms with Crippen LogP contribution in [-0.4, -0.2) is 39.6 Å². The molecule has 2 unspecified atom stereocenters. The third-order valence-corrected chi connectivity index (χ3v) is 5.59. The summed E-state index contributed by atoms with van der Waals surface area (Å²) in [7, 11) is 0. The number of Topliss-reactive ketones (excluding diaryl/α,β-unsaturated/α-hetero) is 2. The molecule has 26 heavy (non-hydrogen) atoms. The van der Waals surface area contributed by atoms with Crippen molar-refractivity contribution in [3.63, 3.8) is 0 Å². The molecule has 0 aliphatic heterocycles. The van der Waals surface area contributed by atoms with Crippen LogP contribution >= 0.6 is 0 Å². The topological polar surface area (TPSA) is 110 Å². The summed E-state index contributed by atoms with van der Waals surface area (Å²) in [5.74, 6) is 2.95. The molecule has 0 radical (unpaired) electrons. The average Bonchev–Trinajstić information content (AvgIpc) is 2.72. The first-order valence-corrected chi connectivity index (χ1v) is 9.81. The predicted molar refractivity (Wildman–Crippen MR) is 100.0 cm³/mol. The second kappa shape index (κ2) is 9.40. The quantitative estimate of drug-likeness (QED) is 0.401. The number of aliphatic hydroxyl groups excluding tert-OH is 1. The van der Waals surface area contributed by atoms with Gasteiger partial charge in [-0.1, -0.05) is 48.0 Å². The van der Waals surface area contributed by atoms with Gasteiger partial charge in [0.25, 0.3) is 0 Å². The summed E-state index contributed by atoms with van der Waals surface area (Å²) in [6.07, 6.45) is -0.155. The highest BCUT2D eigenvalue weighted by molar-refractivity contribution is 6.07. The van der Waals surface area contributed by atoms with Crippen LogP contribution in [0.4, 0.5) is 0 Å². The minimum absolute atomic E-state index is 0.331. The smallest absolute Gasteiger partial charge is 0.152 e. The SMILES string of the molecule is CC(C)CC[C@H](ON)[C@@]1(O)C(O)C(C(=O)C(C)C)C(=O)[C@H]1CCC(C)C. The summed E-state index contributed by atoms with van der Waals surface area (Å²) in [6.45, 7) is 11.5. The lowest BCUT2D eigenvalue weighted by Gasteiger charge is -2.38. The first kappa shape index (κ1) is 23.2. The molecule has 0 amide bonds. The Bertz CT molecular complexity index is 491. The van der Waals surface area contributed by atoms with Crippen LogP contribution in [0.15, 0.2) is 0 Å². The van der Waals surface area contributed by atoms with Gasteiger partial charge in [0, 0.05) is 5.92 Å². The number of ketones is 2. The van der Waals surface area contributed by atoms with Gasteiger partial charge in [-0.05, 0) is 31.1 Å². The van der Waals surface area contributed by atoms with E-state index in [4.69, 9.17) is 10.7 Å². The maximum Gasteiger partial charge on any atom is 0.152 e. The molecule has 0 aromatic carbocycles. The Morgan fingerprint density at radius 1 is 1.12 bits per heavy atom. The maximum absolute atomic E-state index is 13.0. The van der Waals surface area contributed by atoms with Crippen LogP contribution in [0.5, 0.6) is 0 Å². The number of nitrogens with two attached hydrogens (primary N) is 1. The summed E-state index contributed by atoms with van der Waals surface area (Å²) in [5.41, 5.74) is -1.84. The van der Waals surface area contributed by atoms with Gasteiger partial charge in [0.15, 0.2) is 5.78 Å². The second-order valence-corrected chi connectivity index (χ2v) is 8.89. The lowest BCUT2D eigenvalue weighted by atomic mass is 9.78. The Morgan fingerprint density at radius 2 is 1.65 bits per heavy atom. The van der Waals surface area contributed by atoms with Crippen molar-refractivity contribution in [2.45, 2.75) is 85.0 Å². The number of rotatable bonds is 10. The van der Waals surface area contributed by atoms with E-state index < -0.39 is 35.6 Å². The Balaban J connectivity index is 3.26. The van der Waals surface area contributed by atoms with E-state index >= 15 is 0 Å². The van der Waals surface area contributed by atoms with Gasteiger partial charge in [0.2, 0.25) is 0 Å². The highest BCUT2D eigenvalue weighted by atomic mass is 16.6. The van der Waals surface area contributed by atoms with Gasteiger partial charge < -0.3 is 10.2 Å². The lowest BCUT2D eigenvalue weighted by molar-refractivity contribution is -0.185. The van der Waals surface area contributed by atoms with Gasteiger partial charge in [-0.25, -0.2) is 5.90 Å². The molecular formula is C20H37NO5.